The first-order valence-electron chi connectivity index (χ1n) is 8.87. The van der Waals surface area contributed by atoms with Gasteiger partial charge in [-0.1, -0.05) is 0 Å². The molecule has 1 aliphatic rings. The normalized spacial score (nSPS) is 14.5. The molecule has 1 fully saturated rings. The maximum Gasteiger partial charge on any atom is 0.289 e. The van der Waals surface area contributed by atoms with Gasteiger partial charge in [-0.25, -0.2) is 9.97 Å². The van der Waals surface area contributed by atoms with E-state index in [1.54, 1.807) is 28.0 Å². The lowest BCUT2D eigenvalue weighted by Crippen LogP contribution is -2.50. The lowest BCUT2D eigenvalue weighted by molar-refractivity contribution is 0.0515. The van der Waals surface area contributed by atoms with Crippen LogP contribution < -0.4 is 5.32 Å². The van der Waals surface area contributed by atoms with Crippen LogP contribution in [-0.2, 0) is 0 Å². The predicted octanol–water partition coefficient (Wildman–Crippen LogP) is 0.641. The van der Waals surface area contributed by atoms with Crippen LogP contribution in [0, 0.1) is 0 Å². The van der Waals surface area contributed by atoms with Crippen molar-refractivity contribution in [3.63, 3.8) is 0 Å². The molecule has 2 amide bonds. The maximum absolute atomic E-state index is 12.7. The molecule has 0 aromatic carbocycles. The Labute approximate surface area is 158 Å². The third-order valence-corrected chi connectivity index (χ3v) is 4.34. The molecule has 3 heterocycles. The smallest absolute Gasteiger partial charge is 0.289 e. The summed E-state index contributed by atoms with van der Waals surface area (Å²) in [6.07, 6.45) is 2.87. The Morgan fingerprint density at radius 1 is 1.15 bits per heavy atom. The second-order valence-corrected chi connectivity index (χ2v) is 6.58. The zero-order valence-corrected chi connectivity index (χ0v) is 15.6. The van der Waals surface area contributed by atoms with Crippen LogP contribution >= 0.6 is 0 Å². The molecule has 0 unspecified atom stereocenters. The molecule has 0 spiro atoms. The molecule has 1 N–H and O–H groups in total. The summed E-state index contributed by atoms with van der Waals surface area (Å²) in [4.78, 5) is 38.7. The van der Waals surface area contributed by atoms with Gasteiger partial charge in [0.05, 0.1) is 6.26 Å². The van der Waals surface area contributed by atoms with Gasteiger partial charge in [0, 0.05) is 45.3 Å². The number of aromatic nitrogens is 2. The minimum Gasteiger partial charge on any atom is -0.459 e. The van der Waals surface area contributed by atoms with Crippen molar-refractivity contribution in [3.05, 3.63) is 42.2 Å². The van der Waals surface area contributed by atoms with Crippen molar-refractivity contribution in [1.82, 2.24) is 24.7 Å². The molecule has 144 valence electrons. The van der Waals surface area contributed by atoms with Gasteiger partial charge in [0.25, 0.3) is 11.8 Å². The number of amides is 2. The van der Waals surface area contributed by atoms with Crippen molar-refractivity contribution < 1.29 is 14.0 Å². The largest absolute Gasteiger partial charge is 0.459 e. The van der Waals surface area contributed by atoms with Crippen LogP contribution in [0.4, 0.5) is 5.82 Å². The Morgan fingerprint density at radius 3 is 2.48 bits per heavy atom. The third-order valence-electron chi connectivity index (χ3n) is 4.34. The van der Waals surface area contributed by atoms with E-state index in [1.165, 1.54) is 12.6 Å². The van der Waals surface area contributed by atoms with Gasteiger partial charge in [0.15, 0.2) is 5.76 Å². The van der Waals surface area contributed by atoms with Crippen LogP contribution in [-0.4, -0.2) is 89.8 Å². The Bertz CT molecular complexity index is 769. The summed E-state index contributed by atoms with van der Waals surface area (Å²) in [5.41, 5.74) is 0.350. The molecule has 0 atom stereocenters. The van der Waals surface area contributed by atoms with Crippen molar-refractivity contribution in [1.29, 1.82) is 0 Å². The minimum atomic E-state index is -0.154. The molecular formula is C18H24N6O3. The monoisotopic (exact) mass is 372 g/mol. The highest BCUT2D eigenvalue weighted by Crippen LogP contribution is 2.12. The van der Waals surface area contributed by atoms with E-state index in [0.29, 0.717) is 43.5 Å². The molecule has 0 radical (unpaired) electrons. The van der Waals surface area contributed by atoms with Crippen LogP contribution in [0.15, 0.2) is 35.2 Å². The van der Waals surface area contributed by atoms with Gasteiger partial charge in [-0.2, -0.15) is 0 Å². The van der Waals surface area contributed by atoms with Crippen LogP contribution in [0.1, 0.15) is 21.0 Å². The lowest BCUT2D eigenvalue weighted by Gasteiger charge is -2.34. The number of hydrogen-bond donors (Lipinski definition) is 1. The van der Waals surface area contributed by atoms with E-state index < -0.39 is 0 Å². The molecule has 9 heteroatoms. The van der Waals surface area contributed by atoms with Gasteiger partial charge in [0.1, 0.15) is 17.8 Å². The number of nitrogens with zero attached hydrogens (tertiary/aromatic N) is 5. The van der Waals surface area contributed by atoms with E-state index in [-0.39, 0.29) is 11.8 Å². The van der Waals surface area contributed by atoms with E-state index in [4.69, 9.17) is 4.42 Å². The van der Waals surface area contributed by atoms with Crippen molar-refractivity contribution in [2.75, 3.05) is 58.7 Å². The van der Waals surface area contributed by atoms with E-state index >= 15 is 0 Å². The number of rotatable bonds is 6. The Hall–Kier alpha value is -2.94. The summed E-state index contributed by atoms with van der Waals surface area (Å²) in [6.45, 7) is 3.43. The molecule has 0 saturated carbocycles. The standard InChI is InChI=1S/C18H24N6O3/c1-22(2)6-5-19-16-12-14(20-13-21-16)17(25)23-7-9-24(10-8-23)18(26)15-4-3-11-27-15/h3-4,11-13H,5-10H2,1-2H3,(H,19,20,21). The predicted molar refractivity (Wildman–Crippen MR) is 99.6 cm³/mol. The Kier molecular flexibility index (Phi) is 6.02. The molecular weight excluding hydrogens is 348 g/mol. The second-order valence-electron chi connectivity index (χ2n) is 6.58. The molecule has 0 bridgehead atoms. The van der Waals surface area contributed by atoms with E-state index in [1.807, 2.05) is 14.1 Å². The van der Waals surface area contributed by atoms with Crippen molar-refractivity contribution in [2.45, 2.75) is 0 Å². The summed E-state index contributed by atoms with van der Waals surface area (Å²) in [7, 11) is 3.99. The number of nitrogens with one attached hydrogen (secondary N) is 1. The molecule has 0 aliphatic carbocycles. The number of likely N-dealkylation sites (N-methyl/N-ethyl adjacent to an activating group) is 1. The zero-order valence-electron chi connectivity index (χ0n) is 15.6. The van der Waals surface area contributed by atoms with Gasteiger partial charge in [-0.15, -0.1) is 0 Å². The quantitative estimate of drug-likeness (QED) is 0.795. The topological polar surface area (TPSA) is 94.8 Å². The average Bonchev–Trinajstić information content (AvgIpc) is 3.22. The zero-order chi connectivity index (χ0) is 19.2. The Balaban J connectivity index is 1.55. The minimum absolute atomic E-state index is 0.151. The number of piperazine rings is 1. The van der Waals surface area contributed by atoms with E-state index in [2.05, 4.69) is 20.2 Å². The highest BCUT2D eigenvalue weighted by atomic mass is 16.3. The van der Waals surface area contributed by atoms with Crippen LogP contribution in [0.5, 0.6) is 0 Å². The number of carbonyl (C=O) groups is 2. The van der Waals surface area contributed by atoms with Crippen molar-refractivity contribution in [3.8, 4) is 0 Å². The molecule has 3 rings (SSSR count). The third kappa shape index (κ3) is 4.82. The molecule has 1 saturated heterocycles. The summed E-state index contributed by atoms with van der Waals surface area (Å²) >= 11 is 0. The molecule has 9 nitrogen and oxygen atoms in total. The first kappa shape index (κ1) is 18.8. The maximum atomic E-state index is 12.7. The highest BCUT2D eigenvalue weighted by Gasteiger charge is 2.27. The van der Waals surface area contributed by atoms with Crippen molar-refractivity contribution >= 4 is 17.6 Å². The number of hydrogen-bond acceptors (Lipinski definition) is 7. The molecule has 2 aromatic heterocycles. The van der Waals surface area contributed by atoms with Gasteiger partial charge >= 0.3 is 0 Å². The second kappa shape index (κ2) is 8.63. The van der Waals surface area contributed by atoms with Crippen LogP contribution in [0.25, 0.3) is 0 Å². The van der Waals surface area contributed by atoms with E-state index in [0.717, 1.165) is 13.1 Å². The van der Waals surface area contributed by atoms with Crippen LogP contribution in [0.2, 0.25) is 0 Å². The summed E-state index contributed by atoms with van der Waals surface area (Å²) in [5.74, 6) is 0.639. The fourth-order valence-corrected chi connectivity index (χ4v) is 2.81. The molecule has 2 aromatic rings. The fraction of sp³-hybridized carbons (Fsp3) is 0.444. The summed E-state index contributed by atoms with van der Waals surface area (Å²) < 4.78 is 5.15. The lowest BCUT2D eigenvalue weighted by atomic mass is 10.2. The van der Waals surface area contributed by atoms with Crippen LogP contribution in [0.3, 0.4) is 0 Å². The van der Waals surface area contributed by atoms with Gasteiger partial charge in [-0.3, -0.25) is 9.59 Å². The van der Waals surface area contributed by atoms with Gasteiger partial charge < -0.3 is 24.4 Å². The Morgan fingerprint density at radius 2 is 1.85 bits per heavy atom. The SMILES string of the molecule is CN(C)CCNc1cc(C(=O)N2CCN(C(=O)c3ccco3)CC2)ncn1. The first-order chi connectivity index (χ1) is 13.0. The number of furan rings is 1. The highest BCUT2D eigenvalue weighted by molar-refractivity contribution is 5.94. The average molecular weight is 372 g/mol. The number of anilines is 1. The van der Waals surface area contributed by atoms with Gasteiger partial charge in [0.2, 0.25) is 0 Å². The van der Waals surface area contributed by atoms with Gasteiger partial charge in [-0.05, 0) is 26.2 Å². The van der Waals surface area contributed by atoms with E-state index in [9.17, 15) is 9.59 Å². The number of carbonyl (C=O) groups excluding carboxylic acids is 2. The summed E-state index contributed by atoms with van der Waals surface area (Å²) in [6, 6.07) is 5.00. The first-order valence-corrected chi connectivity index (χ1v) is 8.87. The van der Waals surface area contributed by atoms with Crippen molar-refractivity contribution in [2.24, 2.45) is 0 Å². The molecule has 1 aliphatic heterocycles. The molecule has 27 heavy (non-hydrogen) atoms. The fourth-order valence-electron chi connectivity index (χ4n) is 2.81. The summed E-state index contributed by atoms with van der Waals surface area (Å²) in [5, 5.41) is 3.18.